The Morgan fingerprint density at radius 3 is 2.21 bits per heavy atom. The lowest BCUT2D eigenvalue weighted by molar-refractivity contribution is 0.0914. The van der Waals surface area contributed by atoms with Crippen molar-refractivity contribution in [2.75, 3.05) is 57.4 Å². The number of rotatable bonds is 6. The van der Waals surface area contributed by atoms with E-state index in [1.165, 1.54) is 0 Å². The molecule has 142 valence electrons. The van der Waals surface area contributed by atoms with Crippen LogP contribution in [0.3, 0.4) is 0 Å². The van der Waals surface area contributed by atoms with Gasteiger partial charge >= 0.3 is 6.09 Å². The van der Waals surface area contributed by atoms with Gasteiger partial charge in [0.05, 0.1) is 18.9 Å². The molecule has 1 rings (SSSR count). The van der Waals surface area contributed by atoms with Crippen LogP contribution in [0.5, 0.6) is 0 Å². The molecule has 24 heavy (non-hydrogen) atoms. The van der Waals surface area contributed by atoms with Gasteiger partial charge in [-0.25, -0.2) is 13.2 Å². The first-order valence-corrected chi connectivity index (χ1v) is 9.91. The molecule has 1 amide bonds. The molecule has 0 bridgehead atoms. The highest BCUT2D eigenvalue weighted by atomic mass is 127. The molecule has 0 radical (unpaired) electrons. The molecule has 0 atom stereocenters. The fraction of sp³-hybridized carbons (Fsp3) is 0.857. The van der Waals surface area contributed by atoms with Gasteiger partial charge in [0.1, 0.15) is 0 Å². The predicted octanol–water partition coefficient (Wildman–Crippen LogP) is 0.779. The summed E-state index contributed by atoms with van der Waals surface area (Å²) in [6.45, 7) is 9.13. The van der Waals surface area contributed by atoms with E-state index in [9.17, 15) is 13.2 Å². The van der Waals surface area contributed by atoms with Crippen molar-refractivity contribution in [2.24, 2.45) is 4.99 Å². The van der Waals surface area contributed by atoms with E-state index in [2.05, 4.69) is 10.3 Å². The third kappa shape index (κ3) is 7.86. The molecular formula is C14H29IN4O4S. The molecule has 0 aliphatic carbocycles. The number of guanidine groups is 1. The van der Waals surface area contributed by atoms with Crippen LogP contribution in [0.25, 0.3) is 0 Å². The number of amides is 1. The molecule has 1 saturated heterocycles. The number of nitrogens with zero attached hydrogens (tertiary/aromatic N) is 3. The van der Waals surface area contributed by atoms with E-state index in [4.69, 9.17) is 4.74 Å². The Balaban J connectivity index is 0.00000529. The second-order valence-corrected chi connectivity index (χ2v) is 7.62. The third-order valence-corrected chi connectivity index (χ3v) is 5.23. The zero-order chi connectivity index (χ0) is 17.3. The molecule has 8 nitrogen and oxygen atoms in total. The summed E-state index contributed by atoms with van der Waals surface area (Å²) < 4.78 is 28.1. The lowest BCUT2D eigenvalue weighted by atomic mass is 10.3. The molecule has 0 saturated carbocycles. The van der Waals surface area contributed by atoms with Crippen LogP contribution in [-0.2, 0) is 14.6 Å². The van der Waals surface area contributed by atoms with Crippen molar-refractivity contribution in [2.45, 2.75) is 20.8 Å². The normalized spacial score (nSPS) is 15.7. The number of halogens is 1. The standard InChI is InChI=1S/C14H28N4O4S.HI/c1-4-15-13(16-7-12-23(20,21)6-3)17-8-10-18(11-9-17)14(19)22-5-2;/h4-12H2,1-3H3,(H,15,16);1H. The Morgan fingerprint density at radius 2 is 1.71 bits per heavy atom. The largest absolute Gasteiger partial charge is 0.450 e. The van der Waals surface area contributed by atoms with Crippen LogP contribution < -0.4 is 5.32 Å². The number of sulfone groups is 1. The molecular weight excluding hydrogens is 447 g/mol. The van der Waals surface area contributed by atoms with Crippen molar-refractivity contribution in [3.05, 3.63) is 0 Å². The fourth-order valence-corrected chi connectivity index (χ4v) is 2.83. The Bertz CT molecular complexity index is 505. The summed E-state index contributed by atoms with van der Waals surface area (Å²) in [7, 11) is -3.01. The molecule has 0 aromatic rings. The first kappa shape index (κ1) is 23.2. The second-order valence-electron chi connectivity index (χ2n) is 5.15. The van der Waals surface area contributed by atoms with E-state index < -0.39 is 9.84 Å². The quantitative estimate of drug-likeness (QED) is 0.346. The van der Waals surface area contributed by atoms with Gasteiger partial charge in [-0.1, -0.05) is 6.92 Å². The number of hydrogen-bond acceptors (Lipinski definition) is 5. The number of carbonyl (C=O) groups excluding carboxylic acids is 1. The van der Waals surface area contributed by atoms with Crippen LogP contribution in [0.4, 0.5) is 4.79 Å². The van der Waals surface area contributed by atoms with Crippen molar-refractivity contribution in [1.82, 2.24) is 15.1 Å². The van der Waals surface area contributed by atoms with Crippen LogP contribution >= 0.6 is 24.0 Å². The molecule has 1 fully saturated rings. The van der Waals surface area contributed by atoms with Crippen LogP contribution in [0.1, 0.15) is 20.8 Å². The average Bonchev–Trinajstić information content (AvgIpc) is 2.54. The van der Waals surface area contributed by atoms with E-state index in [0.29, 0.717) is 45.3 Å². The Morgan fingerprint density at radius 1 is 1.12 bits per heavy atom. The SMILES string of the molecule is CCNC(=NCCS(=O)(=O)CC)N1CCN(C(=O)OCC)CC1.I. The van der Waals surface area contributed by atoms with Gasteiger partial charge in [-0.15, -0.1) is 24.0 Å². The van der Waals surface area contributed by atoms with Crippen molar-refractivity contribution in [3.63, 3.8) is 0 Å². The highest BCUT2D eigenvalue weighted by Gasteiger charge is 2.23. The van der Waals surface area contributed by atoms with Crippen molar-refractivity contribution < 1.29 is 17.9 Å². The maximum absolute atomic E-state index is 11.7. The lowest BCUT2D eigenvalue weighted by Gasteiger charge is -2.35. The summed E-state index contributed by atoms with van der Waals surface area (Å²) >= 11 is 0. The summed E-state index contributed by atoms with van der Waals surface area (Å²) in [6.07, 6.45) is -0.289. The van der Waals surface area contributed by atoms with Crippen molar-refractivity contribution in [1.29, 1.82) is 0 Å². The average molecular weight is 476 g/mol. The van der Waals surface area contributed by atoms with Gasteiger partial charge in [-0.2, -0.15) is 0 Å². The highest BCUT2D eigenvalue weighted by molar-refractivity contribution is 14.0. The fourth-order valence-electron chi connectivity index (χ4n) is 2.18. The molecule has 1 N–H and O–H groups in total. The van der Waals surface area contributed by atoms with Crippen LogP contribution in [0.2, 0.25) is 0 Å². The Kier molecular flexibility index (Phi) is 11.3. The number of nitrogens with one attached hydrogen (secondary N) is 1. The predicted molar refractivity (Wildman–Crippen MR) is 106 cm³/mol. The molecule has 0 unspecified atom stereocenters. The van der Waals surface area contributed by atoms with Gasteiger partial charge in [-0.05, 0) is 13.8 Å². The van der Waals surface area contributed by atoms with Gasteiger partial charge in [0, 0.05) is 38.5 Å². The van der Waals surface area contributed by atoms with E-state index in [0.717, 1.165) is 0 Å². The smallest absolute Gasteiger partial charge is 0.409 e. The second kappa shape index (κ2) is 11.7. The molecule has 0 aromatic carbocycles. The van der Waals surface area contributed by atoms with E-state index in [1.54, 1.807) is 18.7 Å². The first-order valence-electron chi connectivity index (χ1n) is 8.08. The van der Waals surface area contributed by atoms with Gasteiger partial charge in [-0.3, -0.25) is 4.99 Å². The molecule has 10 heteroatoms. The zero-order valence-corrected chi connectivity index (χ0v) is 17.8. The number of hydrogen-bond donors (Lipinski definition) is 1. The topological polar surface area (TPSA) is 91.3 Å². The third-order valence-electron chi connectivity index (χ3n) is 3.54. The van der Waals surface area contributed by atoms with E-state index in [-0.39, 0.29) is 48.1 Å². The molecule has 1 heterocycles. The van der Waals surface area contributed by atoms with Crippen molar-refractivity contribution in [3.8, 4) is 0 Å². The van der Waals surface area contributed by atoms with Gasteiger partial charge in [0.15, 0.2) is 15.8 Å². The summed E-state index contributed by atoms with van der Waals surface area (Å²) in [5.74, 6) is 0.890. The van der Waals surface area contributed by atoms with E-state index in [1.807, 2.05) is 11.8 Å². The molecule has 0 aromatic heterocycles. The number of ether oxygens (including phenoxy) is 1. The Labute approximate surface area is 161 Å². The van der Waals surface area contributed by atoms with Gasteiger partial charge in [0.2, 0.25) is 0 Å². The number of carbonyl (C=O) groups is 1. The lowest BCUT2D eigenvalue weighted by Crippen LogP contribution is -2.54. The maximum atomic E-state index is 11.7. The van der Waals surface area contributed by atoms with Crippen LogP contribution in [-0.4, -0.2) is 87.7 Å². The van der Waals surface area contributed by atoms with Crippen LogP contribution in [0, 0.1) is 0 Å². The molecule has 1 aliphatic rings. The molecule has 1 aliphatic heterocycles. The first-order chi connectivity index (χ1) is 10.9. The van der Waals surface area contributed by atoms with Crippen molar-refractivity contribution >= 4 is 45.9 Å². The van der Waals surface area contributed by atoms with E-state index >= 15 is 0 Å². The minimum Gasteiger partial charge on any atom is -0.450 e. The minimum absolute atomic E-state index is 0. The summed E-state index contributed by atoms with van der Waals surface area (Å²) in [5, 5.41) is 3.17. The number of aliphatic imine (C=N–C) groups is 1. The van der Waals surface area contributed by atoms with Gasteiger partial charge in [0.25, 0.3) is 0 Å². The highest BCUT2D eigenvalue weighted by Crippen LogP contribution is 2.04. The summed E-state index contributed by atoms with van der Waals surface area (Å²) in [5.41, 5.74) is 0. The molecule has 0 spiro atoms. The summed E-state index contributed by atoms with van der Waals surface area (Å²) in [4.78, 5) is 19.8. The van der Waals surface area contributed by atoms with Crippen LogP contribution in [0.15, 0.2) is 4.99 Å². The number of piperazine rings is 1. The minimum atomic E-state index is -3.01. The summed E-state index contributed by atoms with van der Waals surface area (Å²) in [6, 6.07) is 0. The van der Waals surface area contributed by atoms with Gasteiger partial charge < -0.3 is 19.9 Å². The monoisotopic (exact) mass is 476 g/mol. The maximum Gasteiger partial charge on any atom is 0.409 e. The zero-order valence-electron chi connectivity index (χ0n) is 14.7. The Hall–Kier alpha value is -0.780.